The van der Waals surface area contributed by atoms with E-state index in [0.717, 1.165) is 0 Å². The zero-order valence-corrected chi connectivity index (χ0v) is 16.1. The molecule has 27 heavy (non-hydrogen) atoms. The number of carboxylic acids is 1. The minimum absolute atomic E-state index is 0.113. The summed E-state index contributed by atoms with van der Waals surface area (Å²) in [7, 11) is 0. The van der Waals surface area contributed by atoms with Gasteiger partial charge in [0.05, 0.1) is 11.5 Å². The number of carbonyl (C=O) groups is 3. The van der Waals surface area contributed by atoms with Crippen LogP contribution in [-0.4, -0.2) is 40.0 Å². The lowest BCUT2D eigenvalue weighted by Gasteiger charge is -2.55. The van der Waals surface area contributed by atoms with Gasteiger partial charge in [0.1, 0.15) is 6.10 Å². The summed E-state index contributed by atoms with van der Waals surface area (Å²) in [5.41, 5.74) is -0.195. The van der Waals surface area contributed by atoms with Crippen LogP contribution in [0, 0.1) is 17.3 Å². The molecule has 0 aromatic heterocycles. The normalized spacial score (nSPS) is 38.8. The van der Waals surface area contributed by atoms with Gasteiger partial charge in [-0.15, -0.1) is 0 Å². The first kappa shape index (κ1) is 19.6. The third kappa shape index (κ3) is 2.79. The number of rotatable bonds is 3. The number of aliphatic carboxylic acids is 1. The van der Waals surface area contributed by atoms with Crippen molar-refractivity contribution in [2.45, 2.75) is 65.3 Å². The van der Waals surface area contributed by atoms with E-state index >= 15 is 0 Å². The van der Waals surface area contributed by atoms with E-state index in [2.05, 4.69) is 0 Å². The van der Waals surface area contributed by atoms with Gasteiger partial charge in [0.15, 0.2) is 0 Å². The van der Waals surface area contributed by atoms with Crippen molar-refractivity contribution in [2.24, 2.45) is 17.3 Å². The third-order valence-electron chi connectivity index (χ3n) is 6.70. The zero-order chi connectivity index (χ0) is 20.1. The van der Waals surface area contributed by atoms with E-state index in [-0.39, 0.29) is 23.5 Å². The summed E-state index contributed by atoms with van der Waals surface area (Å²) in [6.07, 6.45) is 2.48. The lowest BCUT2D eigenvalue weighted by Crippen LogP contribution is -2.61. The van der Waals surface area contributed by atoms with E-state index in [9.17, 15) is 24.6 Å². The topological polar surface area (TPSA) is 110 Å². The highest BCUT2D eigenvalue weighted by molar-refractivity contribution is 5.93. The van der Waals surface area contributed by atoms with Crippen molar-refractivity contribution in [1.82, 2.24) is 0 Å². The van der Waals surface area contributed by atoms with Crippen LogP contribution in [0.2, 0.25) is 0 Å². The van der Waals surface area contributed by atoms with Crippen LogP contribution in [0.25, 0.3) is 0 Å². The predicted molar refractivity (Wildman–Crippen MR) is 94.2 cm³/mol. The molecule has 0 radical (unpaired) electrons. The SMILES string of the molecule is C/C=C(/C)C(=O)O[C@@H]1C2=C(C)C(=O)O[C@@]2(O)C[C@H]2CCC[C@H](C(=O)O)[C@]21C. The molecule has 0 spiro atoms. The van der Waals surface area contributed by atoms with Crippen LogP contribution in [0.4, 0.5) is 0 Å². The molecule has 148 valence electrons. The van der Waals surface area contributed by atoms with Crippen molar-refractivity contribution in [1.29, 1.82) is 0 Å². The second-order valence-corrected chi connectivity index (χ2v) is 8.06. The average Bonchev–Trinajstić information content (AvgIpc) is 2.82. The fraction of sp³-hybridized carbons (Fsp3) is 0.650. The number of carboxylic acid groups (broad SMARTS) is 1. The Balaban J connectivity index is 2.17. The number of carbonyl (C=O) groups excluding carboxylic acids is 2. The maximum atomic E-state index is 12.5. The predicted octanol–water partition coefficient (Wildman–Crippen LogP) is 2.34. The lowest BCUT2D eigenvalue weighted by molar-refractivity contribution is -0.228. The van der Waals surface area contributed by atoms with E-state index in [1.807, 2.05) is 0 Å². The fourth-order valence-corrected chi connectivity index (χ4v) is 4.97. The van der Waals surface area contributed by atoms with Crippen molar-refractivity contribution in [2.75, 3.05) is 0 Å². The summed E-state index contributed by atoms with van der Waals surface area (Å²) < 4.78 is 11.0. The molecule has 1 heterocycles. The van der Waals surface area contributed by atoms with Crippen LogP contribution in [-0.2, 0) is 23.9 Å². The smallest absolute Gasteiger partial charge is 0.336 e. The number of allylic oxidation sites excluding steroid dienone is 1. The highest BCUT2D eigenvalue weighted by Gasteiger charge is 2.66. The number of ether oxygens (including phenoxy) is 2. The van der Waals surface area contributed by atoms with Gasteiger partial charge in [0.25, 0.3) is 0 Å². The summed E-state index contributed by atoms with van der Waals surface area (Å²) in [4.78, 5) is 36.8. The van der Waals surface area contributed by atoms with E-state index in [4.69, 9.17) is 9.47 Å². The van der Waals surface area contributed by atoms with Gasteiger partial charge in [-0.2, -0.15) is 0 Å². The Kier molecular flexibility index (Phi) is 4.70. The Labute approximate surface area is 158 Å². The molecular formula is C20H26O7. The summed E-state index contributed by atoms with van der Waals surface area (Å²) in [5.74, 6) is -5.07. The summed E-state index contributed by atoms with van der Waals surface area (Å²) in [6, 6.07) is 0. The van der Waals surface area contributed by atoms with E-state index in [0.29, 0.717) is 24.8 Å². The van der Waals surface area contributed by atoms with Gasteiger partial charge in [-0.05, 0) is 39.5 Å². The molecule has 7 nitrogen and oxygen atoms in total. The minimum Gasteiger partial charge on any atom is -0.481 e. The Morgan fingerprint density at radius 1 is 1.33 bits per heavy atom. The molecule has 7 heteroatoms. The van der Waals surface area contributed by atoms with Gasteiger partial charge in [0.2, 0.25) is 5.79 Å². The number of hydrogen-bond acceptors (Lipinski definition) is 6. The van der Waals surface area contributed by atoms with Crippen LogP contribution in [0.3, 0.4) is 0 Å². The first-order chi connectivity index (χ1) is 12.6. The molecule has 1 aliphatic heterocycles. The van der Waals surface area contributed by atoms with Gasteiger partial charge >= 0.3 is 17.9 Å². The molecule has 2 fully saturated rings. The highest BCUT2D eigenvalue weighted by atomic mass is 16.7. The maximum Gasteiger partial charge on any atom is 0.336 e. The molecule has 5 atom stereocenters. The van der Waals surface area contributed by atoms with Crippen LogP contribution in [0.1, 0.15) is 53.4 Å². The van der Waals surface area contributed by atoms with Crippen LogP contribution < -0.4 is 0 Å². The quantitative estimate of drug-likeness (QED) is 0.573. The van der Waals surface area contributed by atoms with Crippen molar-refractivity contribution in [3.63, 3.8) is 0 Å². The highest BCUT2D eigenvalue weighted by Crippen LogP contribution is 2.60. The van der Waals surface area contributed by atoms with Crippen LogP contribution in [0.15, 0.2) is 22.8 Å². The minimum atomic E-state index is -1.85. The fourth-order valence-electron chi connectivity index (χ4n) is 4.97. The molecule has 2 N–H and O–H groups in total. The van der Waals surface area contributed by atoms with Crippen molar-refractivity contribution in [3.8, 4) is 0 Å². The third-order valence-corrected chi connectivity index (χ3v) is 6.70. The molecule has 2 aliphatic carbocycles. The maximum absolute atomic E-state index is 12.5. The van der Waals surface area contributed by atoms with Gasteiger partial charge in [-0.25, -0.2) is 9.59 Å². The van der Waals surface area contributed by atoms with Gasteiger partial charge in [0, 0.05) is 23.0 Å². The summed E-state index contributed by atoms with van der Waals surface area (Å²) in [5, 5.41) is 20.9. The number of fused-ring (bicyclic) bond motifs is 2. The molecular weight excluding hydrogens is 352 g/mol. The van der Waals surface area contributed by atoms with Crippen LogP contribution in [0.5, 0.6) is 0 Å². The first-order valence-electron chi connectivity index (χ1n) is 9.30. The van der Waals surface area contributed by atoms with E-state index in [1.54, 1.807) is 26.8 Å². The summed E-state index contributed by atoms with van der Waals surface area (Å²) in [6.45, 7) is 6.61. The summed E-state index contributed by atoms with van der Waals surface area (Å²) >= 11 is 0. The molecule has 3 aliphatic rings. The molecule has 0 aromatic carbocycles. The second-order valence-electron chi connectivity index (χ2n) is 8.06. The Morgan fingerprint density at radius 2 is 2.00 bits per heavy atom. The van der Waals surface area contributed by atoms with Crippen molar-refractivity contribution < 1.29 is 34.1 Å². The standard InChI is InChI=1S/C20H26O7/c1-5-10(2)17(23)26-15-14-11(3)18(24)27-20(14,25)9-12-7-6-8-13(16(21)22)19(12,15)4/h5,12-13,15,25H,6-9H2,1-4H3,(H,21,22)/b10-5-/t12-,13-,15-,19+,20+/m1/s1. The first-order valence-corrected chi connectivity index (χ1v) is 9.30. The second kappa shape index (κ2) is 6.48. The van der Waals surface area contributed by atoms with Crippen molar-refractivity contribution >= 4 is 17.9 Å². The molecule has 3 rings (SSSR count). The Morgan fingerprint density at radius 3 is 2.59 bits per heavy atom. The molecule has 2 saturated carbocycles. The number of hydrogen-bond donors (Lipinski definition) is 2. The van der Waals surface area contributed by atoms with Crippen LogP contribution >= 0.6 is 0 Å². The lowest BCUT2D eigenvalue weighted by atomic mass is 9.51. The Hall–Kier alpha value is -2.15. The molecule has 0 amide bonds. The number of esters is 2. The van der Waals surface area contributed by atoms with Crippen molar-refractivity contribution in [3.05, 3.63) is 22.8 Å². The number of aliphatic hydroxyl groups is 1. The van der Waals surface area contributed by atoms with Gasteiger partial charge < -0.3 is 19.7 Å². The molecule has 0 saturated heterocycles. The van der Waals surface area contributed by atoms with E-state index in [1.165, 1.54) is 6.92 Å². The molecule has 0 unspecified atom stereocenters. The monoisotopic (exact) mass is 378 g/mol. The van der Waals surface area contributed by atoms with Gasteiger partial charge in [-0.1, -0.05) is 19.4 Å². The average molecular weight is 378 g/mol. The Bertz CT molecular complexity index is 764. The zero-order valence-electron chi connectivity index (χ0n) is 16.1. The largest absolute Gasteiger partial charge is 0.481 e. The van der Waals surface area contributed by atoms with Gasteiger partial charge in [-0.3, -0.25) is 4.79 Å². The molecule has 0 aromatic rings. The molecule has 0 bridgehead atoms. The van der Waals surface area contributed by atoms with E-state index < -0.39 is 41.1 Å².